The number of carboxylic acids is 1. The largest absolute Gasteiger partial charge is 0.478 e. The van der Waals surface area contributed by atoms with Gasteiger partial charge in [0.25, 0.3) is 0 Å². The number of Topliss-reactive ketones (excluding diaryl/α,β-unsaturated/α-hetero) is 1. The molecular weight excluding hydrogens is 216 g/mol. The van der Waals surface area contributed by atoms with E-state index in [2.05, 4.69) is 6.92 Å². The lowest BCUT2D eigenvalue weighted by Crippen LogP contribution is -2.13. The number of hydrogen-bond donors (Lipinski definition) is 1. The summed E-state index contributed by atoms with van der Waals surface area (Å²) in [7, 11) is 0. The number of carbonyl (C=O) groups excluding carboxylic acids is 1. The average Bonchev–Trinajstić information content (AvgIpc) is 2.29. The van der Waals surface area contributed by atoms with Crippen LogP contribution in [0.15, 0.2) is 24.3 Å². The molecule has 0 unspecified atom stereocenters. The lowest BCUT2D eigenvalue weighted by atomic mass is 9.87. The molecule has 0 aromatic heterocycles. The molecule has 0 heterocycles. The molecule has 0 bridgehead atoms. The first-order chi connectivity index (χ1) is 8.07. The van der Waals surface area contributed by atoms with Crippen LogP contribution in [0.2, 0.25) is 0 Å². The molecule has 1 rings (SSSR count). The number of hydrogen-bond acceptors (Lipinski definition) is 2. The van der Waals surface area contributed by atoms with E-state index in [1.165, 1.54) is 6.92 Å². The second-order valence-corrected chi connectivity index (χ2v) is 4.20. The highest BCUT2D eigenvalue weighted by atomic mass is 16.4. The van der Waals surface area contributed by atoms with Crippen LogP contribution < -0.4 is 0 Å². The Bertz CT molecular complexity index is 410. The highest BCUT2D eigenvalue weighted by molar-refractivity contribution is 5.93. The maximum Gasteiger partial charge on any atom is 0.335 e. The van der Waals surface area contributed by atoms with Crippen LogP contribution in [0.3, 0.4) is 0 Å². The van der Waals surface area contributed by atoms with E-state index in [9.17, 15) is 9.59 Å². The first-order valence-corrected chi connectivity index (χ1v) is 5.90. The summed E-state index contributed by atoms with van der Waals surface area (Å²) in [5.74, 6) is -1.22. The van der Waals surface area contributed by atoms with Crippen molar-refractivity contribution in [3.8, 4) is 0 Å². The fourth-order valence-corrected chi connectivity index (χ4v) is 1.98. The molecule has 92 valence electrons. The van der Waals surface area contributed by atoms with Crippen LogP contribution in [-0.2, 0) is 4.79 Å². The Balaban J connectivity index is 3.09. The Labute approximate surface area is 101 Å². The molecule has 1 N–H and O–H groups in total. The van der Waals surface area contributed by atoms with Gasteiger partial charge in [0.15, 0.2) is 0 Å². The Hall–Kier alpha value is -1.64. The summed E-state index contributed by atoms with van der Waals surface area (Å²) in [4.78, 5) is 22.7. The van der Waals surface area contributed by atoms with E-state index in [-0.39, 0.29) is 17.3 Å². The van der Waals surface area contributed by atoms with E-state index < -0.39 is 5.97 Å². The molecule has 0 saturated carbocycles. The Kier molecular flexibility index (Phi) is 4.88. The highest BCUT2D eigenvalue weighted by Gasteiger charge is 2.21. The number of ketones is 1. The zero-order chi connectivity index (χ0) is 12.8. The van der Waals surface area contributed by atoms with Crippen LogP contribution >= 0.6 is 0 Å². The molecule has 0 aliphatic rings. The minimum Gasteiger partial charge on any atom is -0.478 e. The van der Waals surface area contributed by atoms with Crippen LogP contribution in [0.1, 0.15) is 54.9 Å². The Morgan fingerprint density at radius 2 is 1.94 bits per heavy atom. The number of carbonyl (C=O) groups is 2. The monoisotopic (exact) mass is 234 g/mol. The second kappa shape index (κ2) is 6.18. The van der Waals surface area contributed by atoms with Crippen molar-refractivity contribution in [3.63, 3.8) is 0 Å². The van der Waals surface area contributed by atoms with Crippen LogP contribution in [-0.4, -0.2) is 16.9 Å². The molecule has 0 aliphatic heterocycles. The van der Waals surface area contributed by atoms with E-state index in [0.29, 0.717) is 5.56 Å². The third-order valence-electron chi connectivity index (χ3n) is 2.90. The molecule has 0 spiro atoms. The van der Waals surface area contributed by atoms with E-state index >= 15 is 0 Å². The minimum absolute atomic E-state index is 0.0344. The SMILES string of the molecule is CCCC[C@H](C(C)=O)c1ccccc1C(=O)O. The number of unbranched alkanes of at least 4 members (excludes halogenated alkanes) is 1. The van der Waals surface area contributed by atoms with Crippen LogP contribution in [0.25, 0.3) is 0 Å². The summed E-state index contributed by atoms with van der Waals surface area (Å²) in [6, 6.07) is 6.76. The zero-order valence-electron chi connectivity index (χ0n) is 10.3. The van der Waals surface area contributed by atoms with Crippen molar-refractivity contribution in [1.82, 2.24) is 0 Å². The summed E-state index contributed by atoms with van der Waals surface area (Å²) in [5.41, 5.74) is 0.879. The average molecular weight is 234 g/mol. The van der Waals surface area contributed by atoms with Crippen molar-refractivity contribution in [1.29, 1.82) is 0 Å². The molecule has 0 fully saturated rings. The number of rotatable bonds is 6. The Morgan fingerprint density at radius 3 is 2.47 bits per heavy atom. The maximum atomic E-state index is 11.6. The van der Waals surface area contributed by atoms with E-state index in [0.717, 1.165) is 19.3 Å². The lowest BCUT2D eigenvalue weighted by Gasteiger charge is -2.16. The van der Waals surface area contributed by atoms with Gasteiger partial charge in [-0.3, -0.25) is 4.79 Å². The third-order valence-corrected chi connectivity index (χ3v) is 2.90. The predicted molar refractivity (Wildman–Crippen MR) is 66.3 cm³/mol. The van der Waals surface area contributed by atoms with Gasteiger partial charge in [-0.15, -0.1) is 0 Å². The molecule has 0 amide bonds. The molecular formula is C14H18O3. The fraction of sp³-hybridized carbons (Fsp3) is 0.429. The number of benzene rings is 1. The van der Waals surface area contributed by atoms with E-state index in [1.807, 2.05) is 0 Å². The van der Waals surface area contributed by atoms with Gasteiger partial charge in [-0.1, -0.05) is 38.0 Å². The lowest BCUT2D eigenvalue weighted by molar-refractivity contribution is -0.118. The van der Waals surface area contributed by atoms with Crippen molar-refractivity contribution >= 4 is 11.8 Å². The topological polar surface area (TPSA) is 54.4 Å². The summed E-state index contributed by atoms with van der Waals surface area (Å²) in [6.07, 6.45) is 2.65. The maximum absolute atomic E-state index is 11.6. The van der Waals surface area contributed by atoms with Crippen molar-refractivity contribution in [3.05, 3.63) is 35.4 Å². The van der Waals surface area contributed by atoms with Crippen molar-refractivity contribution in [2.75, 3.05) is 0 Å². The summed E-state index contributed by atoms with van der Waals surface area (Å²) < 4.78 is 0. The van der Waals surface area contributed by atoms with Gasteiger partial charge >= 0.3 is 5.97 Å². The van der Waals surface area contributed by atoms with Crippen molar-refractivity contribution in [2.24, 2.45) is 0 Å². The number of carboxylic acid groups (broad SMARTS) is 1. The van der Waals surface area contributed by atoms with E-state index in [1.54, 1.807) is 24.3 Å². The molecule has 1 aromatic carbocycles. The quantitative estimate of drug-likeness (QED) is 0.822. The molecule has 0 aliphatic carbocycles. The van der Waals surface area contributed by atoms with Gasteiger partial charge in [-0.2, -0.15) is 0 Å². The van der Waals surface area contributed by atoms with Crippen molar-refractivity contribution < 1.29 is 14.7 Å². The smallest absolute Gasteiger partial charge is 0.335 e. The molecule has 17 heavy (non-hydrogen) atoms. The molecule has 0 radical (unpaired) electrons. The second-order valence-electron chi connectivity index (χ2n) is 4.20. The van der Waals surface area contributed by atoms with Crippen LogP contribution in [0, 0.1) is 0 Å². The fourth-order valence-electron chi connectivity index (χ4n) is 1.98. The molecule has 0 saturated heterocycles. The van der Waals surface area contributed by atoms with Gasteiger partial charge in [0.1, 0.15) is 5.78 Å². The summed E-state index contributed by atoms with van der Waals surface area (Å²) in [6.45, 7) is 3.58. The van der Waals surface area contributed by atoms with Crippen molar-refractivity contribution in [2.45, 2.75) is 39.0 Å². The van der Waals surface area contributed by atoms with Gasteiger partial charge in [0.05, 0.1) is 5.56 Å². The zero-order valence-corrected chi connectivity index (χ0v) is 10.3. The van der Waals surface area contributed by atoms with Gasteiger partial charge in [0, 0.05) is 5.92 Å². The normalized spacial score (nSPS) is 12.1. The first-order valence-electron chi connectivity index (χ1n) is 5.90. The van der Waals surface area contributed by atoms with Crippen LogP contribution in [0.4, 0.5) is 0 Å². The summed E-state index contributed by atoms with van der Waals surface area (Å²) in [5, 5.41) is 9.11. The Morgan fingerprint density at radius 1 is 1.29 bits per heavy atom. The van der Waals surface area contributed by atoms with Gasteiger partial charge in [-0.25, -0.2) is 4.79 Å². The molecule has 3 heteroatoms. The van der Waals surface area contributed by atoms with Gasteiger partial charge in [-0.05, 0) is 25.0 Å². The predicted octanol–water partition coefficient (Wildman–Crippen LogP) is 3.25. The standard InChI is InChI=1S/C14H18O3/c1-3-4-7-11(10(2)15)12-8-5-6-9-13(12)14(16)17/h5-6,8-9,11H,3-4,7H2,1-2H3,(H,16,17)/t11-/m1/s1. The molecule has 1 aromatic rings. The number of aromatic carboxylic acids is 1. The summed E-state index contributed by atoms with van der Waals surface area (Å²) >= 11 is 0. The van der Waals surface area contributed by atoms with Crippen LogP contribution in [0.5, 0.6) is 0 Å². The van der Waals surface area contributed by atoms with Gasteiger partial charge < -0.3 is 5.11 Å². The highest BCUT2D eigenvalue weighted by Crippen LogP contribution is 2.26. The third kappa shape index (κ3) is 3.41. The molecule has 1 atom stereocenters. The van der Waals surface area contributed by atoms with E-state index in [4.69, 9.17) is 5.11 Å². The molecule has 3 nitrogen and oxygen atoms in total. The minimum atomic E-state index is -0.969. The van der Waals surface area contributed by atoms with Gasteiger partial charge in [0.2, 0.25) is 0 Å². The first kappa shape index (κ1) is 13.4.